The van der Waals surface area contributed by atoms with Gasteiger partial charge in [0, 0.05) is 48.7 Å². The van der Waals surface area contributed by atoms with Crippen LogP contribution in [0.5, 0.6) is 5.75 Å². The summed E-state index contributed by atoms with van der Waals surface area (Å²) in [5.74, 6) is 0.852. The molecule has 0 bridgehead atoms. The summed E-state index contributed by atoms with van der Waals surface area (Å²) in [5.41, 5.74) is 0.594. The molecular formula is C18H24BrClN2O3. The summed E-state index contributed by atoms with van der Waals surface area (Å²) in [6.45, 7) is 9.27. The number of rotatable bonds is 1. The summed E-state index contributed by atoms with van der Waals surface area (Å²) in [6, 6.07) is 4.12. The van der Waals surface area contributed by atoms with Gasteiger partial charge < -0.3 is 14.4 Å². The summed E-state index contributed by atoms with van der Waals surface area (Å²) in [5, 5.41) is 0.726. The Kier molecular flexibility index (Phi) is 5.51. The maximum atomic E-state index is 12.2. The van der Waals surface area contributed by atoms with Crippen LogP contribution in [0.4, 0.5) is 4.79 Å². The second-order valence-corrected chi connectivity index (χ2v) is 8.78. The first kappa shape index (κ1) is 18.8. The predicted molar refractivity (Wildman–Crippen MR) is 101 cm³/mol. The number of hydrogen-bond acceptors (Lipinski definition) is 4. The van der Waals surface area contributed by atoms with Gasteiger partial charge in [0.2, 0.25) is 0 Å². The van der Waals surface area contributed by atoms with Crippen LogP contribution in [-0.2, 0) is 4.74 Å². The second kappa shape index (κ2) is 7.33. The van der Waals surface area contributed by atoms with Crippen molar-refractivity contribution < 1.29 is 14.3 Å². The Morgan fingerprint density at radius 1 is 1.28 bits per heavy atom. The Morgan fingerprint density at radius 2 is 1.96 bits per heavy atom. The number of amides is 1. The lowest BCUT2D eigenvalue weighted by Crippen LogP contribution is -2.51. The number of nitrogens with zero attached hydrogens (tertiary/aromatic N) is 2. The molecule has 0 radical (unpaired) electrons. The van der Waals surface area contributed by atoms with E-state index in [1.54, 1.807) is 4.90 Å². The molecule has 5 nitrogen and oxygen atoms in total. The van der Waals surface area contributed by atoms with Gasteiger partial charge in [0.15, 0.2) is 0 Å². The highest BCUT2D eigenvalue weighted by atomic mass is 79.9. The van der Waals surface area contributed by atoms with Crippen molar-refractivity contribution in [3.63, 3.8) is 0 Å². The van der Waals surface area contributed by atoms with E-state index in [1.807, 2.05) is 32.9 Å². The molecule has 138 valence electrons. The highest BCUT2D eigenvalue weighted by molar-refractivity contribution is 9.10. The molecule has 0 aromatic heterocycles. The van der Waals surface area contributed by atoms with Crippen LogP contribution in [0.1, 0.15) is 38.8 Å². The Bertz CT molecular complexity index is 654. The number of fused-ring (bicyclic) bond motifs is 1. The van der Waals surface area contributed by atoms with Crippen molar-refractivity contribution in [3.05, 3.63) is 27.2 Å². The summed E-state index contributed by atoms with van der Waals surface area (Å²) in [4.78, 5) is 16.4. The van der Waals surface area contributed by atoms with Crippen molar-refractivity contribution in [1.82, 2.24) is 9.80 Å². The van der Waals surface area contributed by atoms with Crippen molar-refractivity contribution in [2.45, 2.75) is 38.8 Å². The third-order valence-corrected chi connectivity index (χ3v) is 5.22. The summed E-state index contributed by atoms with van der Waals surface area (Å²) < 4.78 is 12.2. The van der Waals surface area contributed by atoms with Gasteiger partial charge in [-0.3, -0.25) is 4.90 Å². The molecule has 2 aliphatic rings. The Hall–Kier alpha value is -0.980. The van der Waals surface area contributed by atoms with Gasteiger partial charge >= 0.3 is 6.09 Å². The molecule has 25 heavy (non-hydrogen) atoms. The molecule has 7 heteroatoms. The van der Waals surface area contributed by atoms with Gasteiger partial charge in [-0.1, -0.05) is 27.5 Å². The molecule has 1 atom stereocenters. The minimum atomic E-state index is -0.464. The number of piperazine rings is 1. The largest absolute Gasteiger partial charge is 0.493 e. The third-order valence-electron chi connectivity index (χ3n) is 4.45. The first-order chi connectivity index (χ1) is 11.7. The zero-order chi connectivity index (χ0) is 18.2. The number of halogens is 2. The standard InChI is InChI=1S/C18H24BrClN2O3/c1-18(2,3)25-17(23)22-7-5-21(6-8-22)14-4-9-24-15-11-12(19)10-13(20)16(14)15/h10-11,14H,4-9H2,1-3H3/t14-/m0/s1. The molecule has 2 heterocycles. The van der Waals surface area contributed by atoms with Crippen LogP contribution >= 0.6 is 27.5 Å². The summed E-state index contributed by atoms with van der Waals surface area (Å²) in [7, 11) is 0. The van der Waals surface area contributed by atoms with Crippen LogP contribution in [0.2, 0.25) is 5.02 Å². The maximum Gasteiger partial charge on any atom is 0.410 e. The molecule has 1 aromatic rings. The smallest absolute Gasteiger partial charge is 0.410 e. The zero-order valence-corrected chi connectivity index (χ0v) is 17.2. The minimum absolute atomic E-state index is 0.227. The van der Waals surface area contributed by atoms with Gasteiger partial charge in [-0.15, -0.1) is 0 Å². The van der Waals surface area contributed by atoms with Crippen LogP contribution < -0.4 is 4.74 Å². The van der Waals surface area contributed by atoms with Gasteiger partial charge in [0.25, 0.3) is 0 Å². The summed E-state index contributed by atoms with van der Waals surface area (Å²) >= 11 is 9.96. The topological polar surface area (TPSA) is 42.0 Å². The van der Waals surface area contributed by atoms with E-state index in [2.05, 4.69) is 20.8 Å². The van der Waals surface area contributed by atoms with E-state index in [9.17, 15) is 4.79 Å². The molecule has 0 N–H and O–H groups in total. The Morgan fingerprint density at radius 3 is 2.60 bits per heavy atom. The normalized spacial score (nSPS) is 21.5. The molecule has 0 saturated carbocycles. The van der Waals surface area contributed by atoms with Gasteiger partial charge in [0.05, 0.1) is 11.6 Å². The quantitative estimate of drug-likeness (QED) is 0.657. The Labute approximate surface area is 162 Å². The molecule has 1 saturated heterocycles. The van der Waals surface area contributed by atoms with E-state index in [1.165, 1.54) is 0 Å². The number of ether oxygens (including phenoxy) is 2. The number of carbonyl (C=O) groups excluding carboxylic acids is 1. The van der Waals surface area contributed by atoms with Crippen molar-refractivity contribution in [3.8, 4) is 5.75 Å². The molecule has 0 aliphatic carbocycles. The van der Waals surface area contributed by atoms with Crippen LogP contribution in [0, 0.1) is 0 Å². The molecular weight excluding hydrogens is 408 g/mol. The molecule has 0 spiro atoms. The predicted octanol–water partition coefficient (Wildman–Crippen LogP) is 4.48. The minimum Gasteiger partial charge on any atom is -0.493 e. The van der Waals surface area contributed by atoms with E-state index >= 15 is 0 Å². The fraction of sp³-hybridized carbons (Fsp3) is 0.611. The third kappa shape index (κ3) is 4.41. The van der Waals surface area contributed by atoms with Gasteiger partial charge in [-0.2, -0.15) is 0 Å². The van der Waals surface area contributed by atoms with E-state index in [0.29, 0.717) is 19.7 Å². The lowest BCUT2D eigenvalue weighted by Gasteiger charge is -2.41. The second-order valence-electron chi connectivity index (χ2n) is 7.46. The SMILES string of the molecule is CC(C)(C)OC(=O)N1CCN([C@H]2CCOc3cc(Br)cc(Cl)c32)CC1. The lowest BCUT2D eigenvalue weighted by molar-refractivity contribution is 0.00778. The van der Waals surface area contributed by atoms with Gasteiger partial charge in [-0.25, -0.2) is 4.79 Å². The van der Waals surface area contributed by atoms with E-state index in [0.717, 1.165) is 40.3 Å². The summed E-state index contributed by atoms with van der Waals surface area (Å²) in [6.07, 6.45) is 0.669. The van der Waals surface area contributed by atoms with Gasteiger partial charge in [-0.05, 0) is 32.9 Å². The van der Waals surface area contributed by atoms with E-state index < -0.39 is 5.60 Å². The average Bonchev–Trinajstić information content (AvgIpc) is 2.52. The average molecular weight is 432 g/mol. The van der Waals surface area contributed by atoms with Crippen LogP contribution in [0.25, 0.3) is 0 Å². The zero-order valence-electron chi connectivity index (χ0n) is 14.8. The first-order valence-corrected chi connectivity index (χ1v) is 9.75. The molecule has 1 amide bonds. The van der Waals surface area contributed by atoms with E-state index in [-0.39, 0.29) is 12.1 Å². The van der Waals surface area contributed by atoms with Crippen molar-refractivity contribution >= 4 is 33.6 Å². The maximum absolute atomic E-state index is 12.2. The molecule has 3 rings (SSSR count). The van der Waals surface area contributed by atoms with Gasteiger partial charge in [0.1, 0.15) is 11.4 Å². The fourth-order valence-corrected chi connectivity index (χ4v) is 4.24. The number of hydrogen-bond donors (Lipinski definition) is 0. The molecule has 2 aliphatic heterocycles. The van der Waals surface area contributed by atoms with E-state index in [4.69, 9.17) is 21.1 Å². The van der Waals surface area contributed by atoms with Crippen LogP contribution in [0.15, 0.2) is 16.6 Å². The molecule has 1 aromatic carbocycles. The van der Waals surface area contributed by atoms with Crippen molar-refractivity contribution in [2.24, 2.45) is 0 Å². The Balaban J connectivity index is 1.68. The molecule has 0 unspecified atom stereocenters. The molecule has 1 fully saturated rings. The highest BCUT2D eigenvalue weighted by Gasteiger charge is 2.33. The van der Waals surface area contributed by atoms with Crippen molar-refractivity contribution in [2.75, 3.05) is 32.8 Å². The van der Waals surface area contributed by atoms with Crippen LogP contribution in [-0.4, -0.2) is 54.3 Å². The number of carbonyl (C=O) groups is 1. The van der Waals surface area contributed by atoms with Crippen LogP contribution in [0.3, 0.4) is 0 Å². The fourth-order valence-electron chi connectivity index (χ4n) is 3.34. The number of benzene rings is 1. The monoisotopic (exact) mass is 430 g/mol. The first-order valence-electron chi connectivity index (χ1n) is 8.58. The lowest BCUT2D eigenvalue weighted by atomic mass is 9.98. The highest BCUT2D eigenvalue weighted by Crippen LogP contribution is 2.42. The van der Waals surface area contributed by atoms with Crippen molar-refractivity contribution in [1.29, 1.82) is 0 Å².